The molecule has 3 rings (SSSR count). The topological polar surface area (TPSA) is 67.4 Å². The van der Waals surface area contributed by atoms with E-state index in [2.05, 4.69) is 22.8 Å². The second kappa shape index (κ2) is 11.6. The monoisotopic (exact) mass is 422 g/mol. The lowest BCUT2D eigenvalue weighted by Crippen LogP contribution is -2.38. The maximum Gasteiger partial charge on any atom is 0.308 e. The van der Waals surface area contributed by atoms with Crippen LogP contribution >= 0.6 is 12.4 Å². The van der Waals surface area contributed by atoms with Crippen molar-refractivity contribution in [1.82, 2.24) is 10.6 Å². The molecule has 2 N–H and O–H groups in total. The average molecular weight is 423 g/mol. The minimum Gasteiger partial charge on any atom is -0.469 e. The van der Waals surface area contributed by atoms with E-state index in [-0.39, 0.29) is 36.2 Å². The number of methoxy groups -OCH3 is 1. The van der Waals surface area contributed by atoms with E-state index in [9.17, 15) is 9.59 Å². The van der Waals surface area contributed by atoms with Gasteiger partial charge in [0.2, 0.25) is 0 Å². The van der Waals surface area contributed by atoms with Crippen LogP contribution in [0.1, 0.15) is 73.7 Å². The third kappa shape index (κ3) is 6.71. The van der Waals surface area contributed by atoms with Gasteiger partial charge in [-0.3, -0.25) is 9.59 Å². The van der Waals surface area contributed by atoms with Crippen molar-refractivity contribution in [2.75, 3.05) is 20.2 Å². The second-order valence-electron chi connectivity index (χ2n) is 8.50. The number of carbonyl (C=O) groups is 2. The number of esters is 1. The number of amides is 1. The Labute approximate surface area is 180 Å². The summed E-state index contributed by atoms with van der Waals surface area (Å²) in [6.07, 6.45) is 7.30. The smallest absolute Gasteiger partial charge is 0.308 e. The molecule has 5 nitrogen and oxygen atoms in total. The third-order valence-corrected chi connectivity index (χ3v) is 6.46. The first-order chi connectivity index (χ1) is 13.6. The predicted octanol–water partition coefficient (Wildman–Crippen LogP) is 4.06. The predicted molar refractivity (Wildman–Crippen MR) is 118 cm³/mol. The molecule has 0 radical (unpaired) electrons. The number of benzene rings is 1. The van der Waals surface area contributed by atoms with Crippen LogP contribution in [0.2, 0.25) is 0 Å². The van der Waals surface area contributed by atoms with Gasteiger partial charge in [0.15, 0.2) is 0 Å². The summed E-state index contributed by atoms with van der Waals surface area (Å²) in [5, 5.41) is 6.60. The Balaban J connectivity index is 0.00000300. The molecular weight excluding hydrogens is 388 g/mol. The summed E-state index contributed by atoms with van der Waals surface area (Å²) >= 11 is 0. The van der Waals surface area contributed by atoms with Crippen LogP contribution in [0.4, 0.5) is 0 Å². The summed E-state index contributed by atoms with van der Waals surface area (Å²) in [4.78, 5) is 24.2. The summed E-state index contributed by atoms with van der Waals surface area (Å²) < 4.78 is 4.82. The lowest BCUT2D eigenvalue weighted by molar-refractivity contribution is -0.145. The van der Waals surface area contributed by atoms with Crippen LogP contribution < -0.4 is 10.6 Å². The number of carbonyl (C=O) groups excluding carboxylic acids is 2. The number of piperidine rings is 1. The second-order valence-corrected chi connectivity index (χ2v) is 8.50. The van der Waals surface area contributed by atoms with Crippen molar-refractivity contribution >= 4 is 24.3 Å². The molecule has 0 spiro atoms. The largest absolute Gasteiger partial charge is 0.469 e. The van der Waals surface area contributed by atoms with E-state index in [0.717, 1.165) is 50.8 Å². The molecule has 1 saturated carbocycles. The fraction of sp³-hybridized carbons (Fsp3) is 0.652. The molecule has 1 amide bonds. The van der Waals surface area contributed by atoms with Gasteiger partial charge in [0, 0.05) is 11.6 Å². The fourth-order valence-electron chi connectivity index (χ4n) is 4.67. The first-order valence-corrected chi connectivity index (χ1v) is 10.8. The molecule has 2 fully saturated rings. The van der Waals surface area contributed by atoms with Crippen LogP contribution in [0, 0.1) is 11.8 Å². The maximum atomic E-state index is 12.6. The average Bonchev–Trinajstić information content (AvgIpc) is 2.75. The minimum absolute atomic E-state index is 0. The molecule has 2 aliphatic rings. The molecule has 0 aromatic heterocycles. The van der Waals surface area contributed by atoms with Crippen molar-refractivity contribution in [3.8, 4) is 0 Å². The summed E-state index contributed by atoms with van der Waals surface area (Å²) in [5.74, 6) is 1.03. The summed E-state index contributed by atoms with van der Waals surface area (Å²) in [5.41, 5.74) is 2.09. The van der Waals surface area contributed by atoms with E-state index in [1.54, 1.807) is 0 Å². The Morgan fingerprint density at radius 1 is 1.07 bits per heavy atom. The van der Waals surface area contributed by atoms with E-state index in [1.807, 2.05) is 19.1 Å². The van der Waals surface area contributed by atoms with Crippen molar-refractivity contribution in [3.63, 3.8) is 0 Å². The quantitative estimate of drug-likeness (QED) is 0.678. The molecule has 1 aromatic rings. The molecule has 6 heteroatoms. The SMILES string of the molecule is COC(=O)C(C)CC1CCC(NC(=O)c2ccc(C3CCNCC3)cc2)CC1.Cl. The van der Waals surface area contributed by atoms with Crippen molar-refractivity contribution in [1.29, 1.82) is 0 Å². The third-order valence-electron chi connectivity index (χ3n) is 6.46. The highest BCUT2D eigenvalue weighted by atomic mass is 35.5. The van der Waals surface area contributed by atoms with Crippen molar-refractivity contribution < 1.29 is 14.3 Å². The lowest BCUT2D eigenvalue weighted by Gasteiger charge is -2.30. The van der Waals surface area contributed by atoms with Crippen LogP contribution in [0.25, 0.3) is 0 Å². The number of hydrogen-bond donors (Lipinski definition) is 2. The number of rotatable bonds is 6. The molecule has 1 unspecified atom stereocenters. The molecule has 1 atom stereocenters. The van der Waals surface area contributed by atoms with Crippen molar-refractivity contribution in [2.24, 2.45) is 11.8 Å². The van der Waals surface area contributed by atoms with Gasteiger partial charge in [-0.1, -0.05) is 19.1 Å². The van der Waals surface area contributed by atoms with Crippen molar-refractivity contribution in [2.45, 2.75) is 63.8 Å². The number of nitrogens with one attached hydrogen (secondary N) is 2. The maximum absolute atomic E-state index is 12.6. The van der Waals surface area contributed by atoms with Crippen LogP contribution in [-0.4, -0.2) is 38.1 Å². The standard InChI is InChI=1S/C23H34N2O3.ClH/c1-16(23(27)28-2)15-17-3-9-21(10-4-17)25-22(26)20-7-5-18(6-8-20)19-11-13-24-14-12-19;/h5-8,16-17,19,21,24H,3-4,9-15H2,1-2H3,(H,25,26);1H. The number of halogens is 1. The van der Waals surface area contributed by atoms with E-state index in [4.69, 9.17) is 4.74 Å². The Hall–Kier alpha value is -1.59. The molecular formula is C23H35ClN2O3. The van der Waals surface area contributed by atoms with Gasteiger partial charge in [0.25, 0.3) is 5.91 Å². The van der Waals surface area contributed by atoms with Crippen LogP contribution in [0.3, 0.4) is 0 Å². The highest BCUT2D eigenvalue weighted by Crippen LogP contribution is 2.30. The van der Waals surface area contributed by atoms with Crippen LogP contribution in [0.5, 0.6) is 0 Å². The molecule has 1 heterocycles. The van der Waals surface area contributed by atoms with E-state index in [0.29, 0.717) is 11.8 Å². The lowest BCUT2D eigenvalue weighted by atomic mass is 9.81. The van der Waals surface area contributed by atoms with Gasteiger partial charge in [0.1, 0.15) is 0 Å². The summed E-state index contributed by atoms with van der Waals surface area (Å²) in [6, 6.07) is 8.42. The molecule has 1 saturated heterocycles. The van der Waals surface area contributed by atoms with Gasteiger partial charge in [-0.05, 0) is 87.6 Å². The highest BCUT2D eigenvalue weighted by Gasteiger charge is 2.26. The Morgan fingerprint density at radius 2 is 1.69 bits per heavy atom. The molecule has 0 bridgehead atoms. The summed E-state index contributed by atoms with van der Waals surface area (Å²) in [7, 11) is 1.45. The van der Waals surface area contributed by atoms with Gasteiger partial charge in [-0.2, -0.15) is 0 Å². The summed E-state index contributed by atoms with van der Waals surface area (Å²) in [6.45, 7) is 4.09. The molecule has 29 heavy (non-hydrogen) atoms. The van der Waals surface area contributed by atoms with Gasteiger partial charge < -0.3 is 15.4 Å². The Bertz CT molecular complexity index is 651. The van der Waals surface area contributed by atoms with Gasteiger partial charge in [0.05, 0.1) is 13.0 Å². The minimum atomic E-state index is -0.122. The van der Waals surface area contributed by atoms with Crippen LogP contribution in [0.15, 0.2) is 24.3 Å². The first kappa shape index (κ1) is 23.7. The molecule has 1 aliphatic carbocycles. The van der Waals surface area contributed by atoms with E-state index in [1.165, 1.54) is 25.5 Å². The zero-order chi connectivity index (χ0) is 19.9. The highest BCUT2D eigenvalue weighted by molar-refractivity contribution is 5.94. The number of ether oxygens (including phenoxy) is 1. The molecule has 1 aliphatic heterocycles. The Kier molecular flexibility index (Phi) is 9.44. The van der Waals surface area contributed by atoms with Crippen LogP contribution in [-0.2, 0) is 9.53 Å². The zero-order valence-electron chi connectivity index (χ0n) is 17.6. The fourth-order valence-corrected chi connectivity index (χ4v) is 4.67. The van der Waals surface area contributed by atoms with Gasteiger partial charge >= 0.3 is 5.97 Å². The number of hydrogen-bond acceptors (Lipinski definition) is 4. The molecule has 1 aromatic carbocycles. The molecule has 162 valence electrons. The van der Waals surface area contributed by atoms with E-state index < -0.39 is 0 Å². The van der Waals surface area contributed by atoms with Crippen molar-refractivity contribution in [3.05, 3.63) is 35.4 Å². The van der Waals surface area contributed by atoms with Gasteiger partial charge in [-0.15, -0.1) is 12.4 Å². The zero-order valence-corrected chi connectivity index (χ0v) is 18.4. The van der Waals surface area contributed by atoms with E-state index >= 15 is 0 Å². The normalized spacial score (nSPS) is 23.5. The first-order valence-electron chi connectivity index (χ1n) is 10.8. The Morgan fingerprint density at radius 3 is 2.28 bits per heavy atom. The van der Waals surface area contributed by atoms with Gasteiger partial charge in [-0.25, -0.2) is 0 Å².